The summed E-state index contributed by atoms with van der Waals surface area (Å²) in [6, 6.07) is 5.91. The third-order valence-corrected chi connectivity index (χ3v) is 4.12. The van der Waals surface area contributed by atoms with Crippen LogP contribution in [0.3, 0.4) is 0 Å². The van der Waals surface area contributed by atoms with Gasteiger partial charge in [-0.25, -0.2) is 0 Å². The van der Waals surface area contributed by atoms with Gasteiger partial charge in [0.2, 0.25) is 5.91 Å². The number of ether oxygens (including phenoxy) is 2. The van der Waals surface area contributed by atoms with Gasteiger partial charge in [-0.1, -0.05) is 12.5 Å². The van der Waals surface area contributed by atoms with E-state index >= 15 is 0 Å². The van der Waals surface area contributed by atoms with Crippen LogP contribution in [0.4, 0.5) is 5.69 Å². The molecule has 0 spiro atoms. The van der Waals surface area contributed by atoms with Crippen LogP contribution in [0.25, 0.3) is 0 Å². The first-order valence-electron chi connectivity index (χ1n) is 7.88. The first-order chi connectivity index (χ1) is 10.6. The van der Waals surface area contributed by atoms with Crippen LogP contribution in [0, 0.1) is 12.8 Å². The summed E-state index contributed by atoms with van der Waals surface area (Å²) < 4.78 is 10.7. The van der Waals surface area contributed by atoms with Gasteiger partial charge in [0.25, 0.3) is 0 Å². The number of benzene rings is 1. The number of carbonyl (C=O) groups is 1. The molecule has 0 unspecified atom stereocenters. The molecule has 1 aromatic carbocycles. The lowest BCUT2D eigenvalue weighted by Crippen LogP contribution is -2.28. The summed E-state index contributed by atoms with van der Waals surface area (Å²) in [4.78, 5) is 12.2. The van der Waals surface area contributed by atoms with Crippen molar-refractivity contribution in [3.05, 3.63) is 23.8 Å². The Morgan fingerprint density at radius 2 is 2.18 bits per heavy atom. The summed E-state index contributed by atoms with van der Waals surface area (Å²) in [7, 11) is 1.63. The smallest absolute Gasteiger partial charge is 0.224 e. The standard InChI is InChI=1S/C17H26N2O3/c1-12-6-7-15(16(10-12)22-9-8-21-2)19-17(20)11-13-4-3-5-14(13)18/h6-7,10,13-14H,3-5,8-9,11,18H2,1-2H3,(H,19,20)/t13-,14+/m0/s1. The van der Waals surface area contributed by atoms with Gasteiger partial charge in [0.15, 0.2) is 0 Å². The Labute approximate surface area is 132 Å². The summed E-state index contributed by atoms with van der Waals surface area (Å²) in [6.45, 7) is 2.96. The Kier molecular flexibility index (Phi) is 6.21. The van der Waals surface area contributed by atoms with Crippen molar-refractivity contribution in [1.82, 2.24) is 0 Å². The number of carbonyl (C=O) groups excluding carboxylic acids is 1. The zero-order valence-electron chi connectivity index (χ0n) is 13.4. The maximum atomic E-state index is 12.2. The van der Waals surface area contributed by atoms with Crippen molar-refractivity contribution < 1.29 is 14.3 Å². The third-order valence-electron chi connectivity index (χ3n) is 4.12. The van der Waals surface area contributed by atoms with E-state index in [0.717, 1.165) is 24.8 Å². The number of rotatable bonds is 7. The number of hydrogen-bond acceptors (Lipinski definition) is 4. The molecule has 1 aromatic rings. The Balaban J connectivity index is 1.96. The van der Waals surface area contributed by atoms with E-state index in [0.29, 0.717) is 37.0 Å². The molecule has 3 N–H and O–H groups in total. The van der Waals surface area contributed by atoms with E-state index in [1.165, 1.54) is 0 Å². The normalized spacial score (nSPS) is 20.9. The second kappa shape index (κ2) is 8.15. The molecule has 122 valence electrons. The zero-order chi connectivity index (χ0) is 15.9. The summed E-state index contributed by atoms with van der Waals surface area (Å²) in [5.41, 5.74) is 7.83. The number of methoxy groups -OCH3 is 1. The highest BCUT2D eigenvalue weighted by atomic mass is 16.5. The minimum Gasteiger partial charge on any atom is -0.489 e. The number of aryl methyl sites for hydroxylation is 1. The van der Waals surface area contributed by atoms with E-state index in [2.05, 4.69) is 5.32 Å². The minimum absolute atomic E-state index is 0.00259. The Morgan fingerprint density at radius 1 is 1.36 bits per heavy atom. The Morgan fingerprint density at radius 3 is 2.86 bits per heavy atom. The molecule has 0 aliphatic heterocycles. The van der Waals surface area contributed by atoms with Gasteiger partial charge in [0.05, 0.1) is 12.3 Å². The third kappa shape index (κ3) is 4.71. The molecule has 5 heteroatoms. The predicted molar refractivity (Wildman–Crippen MR) is 87.1 cm³/mol. The van der Waals surface area contributed by atoms with Crippen molar-refractivity contribution in [2.45, 2.75) is 38.6 Å². The largest absolute Gasteiger partial charge is 0.489 e. The molecule has 0 heterocycles. The molecule has 2 rings (SSSR count). The molecule has 1 amide bonds. The highest BCUT2D eigenvalue weighted by molar-refractivity contribution is 5.92. The minimum atomic E-state index is 0.00259. The van der Waals surface area contributed by atoms with Crippen molar-refractivity contribution in [1.29, 1.82) is 0 Å². The molecule has 5 nitrogen and oxygen atoms in total. The van der Waals surface area contributed by atoms with Crippen molar-refractivity contribution in [2.24, 2.45) is 11.7 Å². The van der Waals surface area contributed by atoms with Crippen LogP contribution in [0.2, 0.25) is 0 Å². The molecule has 0 bridgehead atoms. The molecular weight excluding hydrogens is 280 g/mol. The van der Waals surface area contributed by atoms with Gasteiger partial charge in [-0.3, -0.25) is 4.79 Å². The van der Waals surface area contributed by atoms with Crippen LogP contribution in [-0.2, 0) is 9.53 Å². The molecule has 2 atom stereocenters. The molecule has 0 saturated heterocycles. The zero-order valence-corrected chi connectivity index (χ0v) is 13.4. The van der Waals surface area contributed by atoms with Crippen molar-refractivity contribution in [2.75, 3.05) is 25.6 Å². The molecule has 1 saturated carbocycles. The fourth-order valence-corrected chi connectivity index (χ4v) is 2.85. The SMILES string of the molecule is COCCOc1cc(C)ccc1NC(=O)C[C@@H]1CCC[C@H]1N. The van der Waals surface area contributed by atoms with Gasteiger partial charge in [0.1, 0.15) is 12.4 Å². The van der Waals surface area contributed by atoms with Crippen molar-refractivity contribution in [3.63, 3.8) is 0 Å². The molecule has 0 radical (unpaired) electrons. The van der Waals surface area contributed by atoms with E-state index < -0.39 is 0 Å². The Hall–Kier alpha value is -1.59. The van der Waals surface area contributed by atoms with Gasteiger partial charge in [0, 0.05) is 19.6 Å². The molecule has 1 fully saturated rings. The molecule has 1 aliphatic rings. The van der Waals surface area contributed by atoms with E-state index in [1.807, 2.05) is 25.1 Å². The molecular formula is C17H26N2O3. The van der Waals surface area contributed by atoms with Crippen LogP contribution >= 0.6 is 0 Å². The van der Waals surface area contributed by atoms with Crippen LogP contribution in [0.1, 0.15) is 31.2 Å². The Bertz CT molecular complexity index is 505. The van der Waals surface area contributed by atoms with Gasteiger partial charge in [-0.05, 0) is 43.4 Å². The first-order valence-corrected chi connectivity index (χ1v) is 7.88. The topological polar surface area (TPSA) is 73.6 Å². The summed E-state index contributed by atoms with van der Waals surface area (Å²) in [5.74, 6) is 0.979. The lowest BCUT2D eigenvalue weighted by molar-refractivity contribution is -0.117. The van der Waals surface area contributed by atoms with Gasteiger partial charge < -0.3 is 20.5 Å². The van der Waals surface area contributed by atoms with Crippen molar-refractivity contribution in [3.8, 4) is 5.75 Å². The van der Waals surface area contributed by atoms with E-state index in [4.69, 9.17) is 15.2 Å². The maximum Gasteiger partial charge on any atom is 0.224 e. The fraction of sp³-hybridized carbons (Fsp3) is 0.588. The number of hydrogen-bond donors (Lipinski definition) is 2. The summed E-state index contributed by atoms with van der Waals surface area (Å²) in [6.07, 6.45) is 3.66. The highest BCUT2D eigenvalue weighted by Gasteiger charge is 2.26. The predicted octanol–water partition coefficient (Wildman–Crippen LogP) is 2.48. The number of amides is 1. The average Bonchev–Trinajstić information content (AvgIpc) is 2.87. The lowest BCUT2D eigenvalue weighted by atomic mass is 10.00. The lowest BCUT2D eigenvalue weighted by Gasteiger charge is -2.17. The number of anilines is 1. The molecule has 22 heavy (non-hydrogen) atoms. The van der Waals surface area contributed by atoms with Gasteiger partial charge in [-0.2, -0.15) is 0 Å². The summed E-state index contributed by atoms with van der Waals surface area (Å²) >= 11 is 0. The number of nitrogens with one attached hydrogen (secondary N) is 1. The monoisotopic (exact) mass is 306 g/mol. The molecule has 1 aliphatic carbocycles. The first kappa shape index (κ1) is 16.8. The van der Waals surface area contributed by atoms with E-state index in [1.54, 1.807) is 7.11 Å². The van der Waals surface area contributed by atoms with E-state index in [9.17, 15) is 4.79 Å². The highest BCUT2D eigenvalue weighted by Crippen LogP contribution is 2.29. The van der Waals surface area contributed by atoms with Crippen molar-refractivity contribution >= 4 is 11.6 Å². The van der Waals surface area contributed by atoms with Gasteiger partial charge in [-0.15, -0.1) is 0 Å². The van der Waals surface area contributed by atoms with Crippen LogP contribution < -0.4 is 15.8 Å². The molecule has 0 aromatic heterocycles. The quantitative estimate of drug-likeness (QED) is 0.759. The van der Waals surface area contributed by atoms with Crippen LogP contribution in [0.5, 0.6) is 5.75 Å². The van der Waals surface area contributed by atoms with E-state index in [-0.39, 0.29) is 11.9 Å². The number of nitrogens with two attached hydrogens (primary N) is 1. The van der Waals surface area contributed by atoms with Gasteiger partial charge >= 0.3 is 0 Å². The average molecular weight is 306 g/mol. The van der Waals surface area contributed by atoms with Crippen LogP contribution in [0.15, 0.2) is 18.2 Å². The van der Waals surface area contributed by atoms with Crippen LogP contribution in [-0.4, -0.2) is 32.3 Å². The second-order valence-electron chi connectivity index (χ2n) is 5.95. The maximum absolute atomic E-state index is 12.2. The summed E-state index contributed by atoms with van der Waals surface area (Å²) in [5, 5.41) is 2.95. The second-order valence-corrected chi connectivity index (χ2v) is 5.95. The fourth-order valence-electron chi connectivity index (χ4n) is 2.85.